The zero-order valence-electron chi connectivity index (χ0n) is 11.5. The molecule has 0 radical (unpaired) electrons. The molecule has 3 fully saturated rings. The van der Waals surface area contributed by atoms with E-state index < -0.39 is 0 Å². The van der Waals surface area contributed by atoms with Crippen molar-refractivity contribution in [3.05, 3.63) is 11.7 Å². The van der Waals surface area contributed by atoms with Crippen molar-refractivity contribution in [1.29, 1.82) is 0 Å². The monoisotopic (exact) mass is 261 g/mol. The first-order chi connectivity index (χ1) is 9.38. The molecule has 4 rings (SSSR count). The third-order valence-corrected chi connectivity index (χ3v) is 5.41. The van der Waals surface area contributed by atoms with Gasteiger partial charge in [0.25, 0.3) is 0 Å². The van der Waals surface area contributed by atoms with Gasteiger partial charge in [-0.2, -0.15) is 4.98 Å². The number of hydrogen-bond acceptors (Lipinski definition) is 4. The third kappa shape index (κ3) is 2.31. The first-order valence-electron chi connectivity index (χ1n) is 7.91. The van der Waals surface area contributed by atoms with Crippen LogP contribution >= 0.6 is 0 Å². The number of nitrogens with one attached hydrogen (secondary N) is 1. The van der Waals surface area contributed by atoms with E-state index in [2.05, 4.69) is 10.5 Å². The normalized spacial score (nSPS) is 37.9. The second-order valence-corrected chi connectivity index (χ2v) is 6.75. The number of rotatable bonds is 3. The summed E-state index contributed by atoms with van der Waals surface area (Å²) in [5.41, 5.74) is 0. The van der Waals surface area contributed by atoms with E-state index in [0.29, 0.717) is 11.8 Å². The van der Waals surface area contributed by atoms with Gasteiger partial charge >= 0.3 is 0 Å². The molecule has 4 atom stereocenters. The van der Waals surface area contributed by atoms with Crippen LogP contribution < -0.4 is 5.32 Å². The van der Waals surface area contributed by atoms with Crippen LogP contribution in [-0.2, 0) is 6.42 Å². The predicted molar refractivity (Wildman–Crippen MR) is 71.8 cm³/mol. The summed E-state index contributed by atoms with van der Waals surface area (Å²) in [7, 11) is 0. The van der Waals surface area contributed by atoms with Crippen molar-refractivity contribution in [3.63, 3.8) is 0 Å². The van der Waals surface area contributed by atoms with Gasteiger partial charge in [0.1, 0.15) is 0 Å². The summed E-state index contributed by atoms with van der Waals surface area (Å²) in [5.74, 6) is 4.91. The van der Waals surface area contributed by atoms with Crippen LogP contribution in [0.5, 0.6) is 0 Å². The highest BCUT2D eigenvalue weighted by atomic mass is 16.5. The quantitative estimate of drug-likeness (QED) is 0.908. The highest BCUT2D eigenvalue weighted by Crippen LogP contribution is 2.52. The van der Waals surface area contributed by atoms with Crippen LogP contribution in [0.2, 0.25) is 0 Å². The van der Waals surface area contributed by atoms with Gasteiger partial charge in [0.2, 0.25) is 5.89 Å². The van der Waals surface area contributed by atoms with E-state index in [1.807, 2.05) is 0 Å². The maximum absolute atomic E-state index is 5.56. The van der Waals surface area contributed by atoms with Gasteiger partial charge in [0, 0.05) is 12.3 Å². The van der Waals surface area contributed by atoms with Gasteiger partial charge in [-0.25, -0.2) is 0 Å². The average molecular weight is 261 g/mol. The highest BCUT2D eigenvalue weighted by Gasteiger charge is 2.42. The van der Waals surface area contributed by atoms with Gasteiger partial charge in [-0.3, -0.25) is 0 Å². The zero-order valence-corrected chi connectivity index (χ0v) is 11.5. The largest absolute Gasteiger partial charge is 0.339 e. The molecule has 1 aromatic rings. The number of piperidine rings is 1. The van der Waals surface area contributed by atoms with E-state index in [1.54, 1.807) is 0 Å². The number of hydrogen-bond donors (Lipinski definition) is 1. The summed E-state index contributed by atoms with van der Waals surface area (Å²) < 4.78 is 5.56. The number of nitrogens with zero attached hydrogens (tertiary/aromatic N) is 2. The maximum Gasteiger partial charge on any atom is 0.230 e. The molecule has 2 saturated carbocycles. The van der Waals surface area contributed by atoms with Crippen molar-refractivity contribution in [2.45, 2.75) is 50.9 Å². The van der Waals surface area contributed by atoms with Crippen molar-refractivity contribution in [1.82, 2.24) is 15.5 Å². The summed E-state index contributed by atoms with van der Waals surface area (Å²) in [6, 6.07) is 0. The minimum atomic E-state index is 0.574. The Morgan fingerprint density at radius 2 is 2.21 bits per heavy atom. The summed E-state index contributed by atoms with van der Waals surface area (Å²) in [4.78, 5) is 4.70. The topological polar surface area (TPSA) is 51.0 Å². The van der Waals surface area contributed by atoms with Crippen LogP contribution in [0.1, 0.15) is 56.2 Å². The standard InChI is InChI=1S/C15H23N3O/c1-2-11(9-16-5-1)8-14-17-15(19-18-14)13-7-10-3-4-12(13)6-10/h10-13,16H,1-9H2. The Hall–Kier alpha value is -0.900. The molecule has 1 N–H and O–H groups in total. The fourth-order valence-electron chi connectivity index (χ4n) is 4.40. The van der Waals surface area contributed by atoms with Crippen LogP contribution in [0.15, 0.2) is 4.52 Å². The molecule has 2 bridgehead atoms. The fraction of sp³-hybridized carbons (Fsp3) is 0.867. The summed E-state index contributed by atoms with van der Waals surface area (Å²) in [6.07, 6.45) is 9.05. The van der Waals surface area contributed by atoms with E-state index in [-0.39, 0.29) is 0 Å². The van der Waals surface area contributed by atoms with E-state index in [0.717, 1.165) is 36.5 Å². The van der Waals surface area contributed by atoms with E-state index in [9.17, 15) is 0 Å². The second kappa shape index (κ2) is 4.89. The lowest BCUT2D eigenvalue weighted by molar-refractivity contribution is 0.298. The Kier molecular flexibility index (Phi) is 3.06. The molecule has 0 amide bonds. The van der Waals surface area contributed by atoms with Gasteiger partial charge in [-0.05, 0) is 62.9 Å². The van der Waals surface area contributed by atoms with Crippen molar-refractivity contribution >= 4 is 0 Å². The third-order valence-electron chi connectivity index (χ3n) is 5.41. The maximum atomic E-state index is 5.56. The minimum absolute atomic E-state index is 0.574. The van der Waals surface area contributed by atoms with Gasteiger partial charge in [-0.15, -0.1) is 0 Å². The van der Waals surface area contributed by atoms with Crippen molar-refractivity contribution in [3.8, 4) is 0 Å². The smallest absolute Gasteiger partial charge is 0.230 e. The van der Waals surface area contributed by atoms with Crippen LogP contribution in [-0.4, -0.2) is 23.2 Å². The van der Waals surface area contributed by atoms with Crippen molar-refractivity contribution < 1.29 is 4.52 Å². The van der Waals surface area contributed by atoms with E-state index >= 15 is 0 Å². The molecular formula is C15H23N3O. The molecule has 4 nitrogen and oxygen atoms in total. The molecular weight excluding hydrogens is 238 g/mol. The Bertz CT molecular complexity index is 438. The first-order valence-corrected chi connectivity index (χ1v) is 7.91. The summed E-state index contributed by atoms with van der Waals surface area (Å²) in [5, 5.41) is 7.68. The first kappa shape index (κ1) is 11.9. The molecule has 19 heavy (non-hydrogen) atoms. The molecule has 1 aromatic heterocycles. The van der Waals surface area contributed by atoms with Gasteiger partial charge in [-0.1, -0.05) is 11.6 Å². The van der Waals surface area contributed by atoms with Crippen LogP contribution in [0, 0.1) is 17.8 Å². The molecule has 0 spiro atoms. The molecule has 2 heterocycles. The summed E-state index contributed by atoms with van der Waals surface area (Å²) >= 11 is 0. The Balaban J connectivity index is 1.41. The Morgan fingerprint density at radius 3 is 2.95 bits per heavy atom. The van der Waals surface area contributed by atoms with Crippen LogP contribution in [0.25, 0.3) is 0 Å². The SMILES string of the molecule is C1CNCC(Cc2noc(C3CC4CCC3C4)n2)C1. The van der Waals surface area contributed by atoms with Gasteiger partial charge < -0.3 is 9.84 Å². The molecule has 0 aromatic carbocycles. The number of aromatic nitrogens is 2. The van der Waals surface area contributed by atoms with Crippen molar-refractivity contribution in [2.75, 3.05) is 13.1 Å². The molecule has 1 aliphatic heterocycles. The fourth-order valence-corrected chi connectivity index (χ4v) is 4.40. The van der Waals surface area contributed by atoms with E-state index in [4.69, 9.17) is 9.51 Å². The molecule has 1 saturated heterocycles. The lowest BCUT2D eigenvalue weighted by atomic mass is 9.89. The van der Waals surface area contributed by atoms with E-state index in [1.165, 1.54) is 45.1 Å². The predicted octanol–water partition coefficient (Wildman–Crippen LogP) is 2.52. The molecule has 4 heteroatoms. The Morgan fingerprint density at radius 1 is 1.21 bits per heavy atom. The summed E-state index contributed by atoms with van der Waals surface area (Å²) in [6.45, 7) is 2.27. The molecule has 4 unspecified atom stereocenters. The van der Waals surface area contributed by atoms with Gasteiger partial charge in [0.05, 0.1) is 0 Å². The van der Waals surface area contributed by atoms with Crippen LogP contribution in [0.4, 0.5) is 0 Å². The molecule has 104 valence electrons. The van der Waals surface area contributed by atoms with Gasteiger partial charge in [0.15, 0.2) is 5.82 Å². The zero-order chi connectivity index (χ0) is 12.7. The second-order valence-electron chi connectivity index (χ2n) is 6.75. The lowest BCUT2D eigenvalue weighted by Gasteiger charge is -2.21. The molecule has 2 aliphatic carbocycles. The minimum Gasteiger partial charge on any atom is -0.339 e. The molecule has 3 aliphatic rings. The Labute approximate surface area is 114 Å². The average Bonchev–Trinajstić information content (AvgIpc) is 3.15. The van der Waals surface area contributed by atoms with Crippen LogP contribution in [0.3, 0.4) is 0 Å². The number of fused-ring (bicyclic) bond motifs is 2. The highest BCUT2D eigenvalue weighted by molar-refractivity contribution is 5.05. The lowest BCUT2D eigenvalue weighted by Crippen LogP contribution is -2.31. The van der Waals surface area contributed by atoms with Crippen molar-refractivity contribution in [2.24, 2.45) is 17.8 Å².